The number of ether oxygens (including phenoxy) is 1. The molecule has 0 aliphatic carbocycles. The molecule has 0 spiro atoms. The van der Waals surface area contributed by atoms with Crippen LogP contribution >= 0.6 is 0 Å². The van der Waals surface area contributed by atoms with E-state index in [1.54, 1.807) is 18.4 Å². The van der Waals surface area contributed by atoms with Gasteiger partial charge in [0, 0.05) is 61.3 Å². The Bertz CT molecular complexity index is 1550. The van der Waals surface area contributed by atoms with Gasteiger partial charge in [-0.3, -0.25) is 9.88 Å². The molecule has 0 bridgehead atoms. The number of hydrogen-bond donors (Lipinski definition) is 1. The number of piperazine rings is 1. The van der Waals surface area contributed by atoms with Crippen LogP contribution in [0.4, 0.5) is 11.9 Å². The first-order valence-electron chi connectivity index (χ1n) is 12.6. The molecule has 2 aliphatic heterocycles. The Morgan fingerprint density at radius 1 is 1.03 bits per heavy atom. The highest BCUT2D eigenvalue weighted by Crippen LogP contribution is 2.30. The molecule has 2 N–H and O–H groups in total. The zero-order valence-electron chi connectivity index (χ0n) is 20.3. The molecule has 37 heavy (non-hydrogen) atoms. The zero-order chi connectivity index (χ0) is 24.8. The van der Waals surface area contributed by atoms with E-state index in [0.29, 0.717) is 35.3 Å². The van der Waals surface area contributed by atoms with Gasteiger partial charge in [0.05, 0.1) is 12.9 Å². The minimum atomic E-state index is 0.262. The average Bonchev–Trinajstić information content (AvgIpc) is 3.62. The van der Waals surface area contributed by atoms with Gasteiger partial charge >= 0.3 is 0 Å². The molecule has 2 saturated heterocycles. The molecule has 0 saturated carbocycles. The molecule has 188 valence electrons. The van der Waals surface area contributed by atoms with Gasteiger partial charge < -0.3 is 19.8 Å². The summed E-state index contributed by atoms with van der Waals surface area (Å²) in [5.41, 5.74) is 6.22. The van der Waals surface area contributed by atoms with Crippen molar-refractivity contribution in [1.29, 1.82) is 0 Å². The van der Waals surface area contributed by atoms with Crippen LogP contribution < -0.4 is 15.4 Å². The number of nitrogens with two attached hydrogens (primary N) is 1. The highest BCUT2D eigenvalue weighted by molar-refractivity contribution is 5.87. The van der Waals surface area contributed by atoms with Crippen molar-refractivity contribution in [3.05, 3.63) is 55.1 Å². The van der Waals surface area contributed by atoms with E-state index < -0.39 is 0 Å². The van der Waals surface area contributed by atoms with Crippen molar-refractivity contribution >= 4 is 28.4 Å². The summed E-state index contributed by atoms with van der Waals surface area (Å²) in [5.74, 6) is 3.71. The summed E-state index contributed by atoms with van der Waals surface area (Å²) < 4.78 is 13.2. The standard InChI is InChI=1S/C26H27N9O2/c27-24-30-25(31-26-29-23(32-35(24)26)22-5-2-12-36-22)34-11-10-33-14-17(6-7-19(33)15-34)16-37-21-4-1-3-18-13-28-9-8-20(18)21/h1-5,8-9,12-13,17,19H,6-7,10-11,14-16H2,(H2,27,29,30,31,32)/t17-,19+/m1/s1. The van der Waals surface area contributed by atoms with Gasteiger partial charge in [-0.2, -0.15) is 19.5 Å². The van der Waals surface area contributed by atoms with Crippen LogP contribution in [0.5, 0.6) is 5.75 Å². The van der Waals surface area contributed by atoms with Crippen LogP contribution in [0.15, 0.2) is 59.5 Å². The lowest BCUT2D eigenvalue weighted by atomic mass is 9.91. The van der Waals surface area contributed by atoms with Crippen LogP contribution in [0.1, 0.15) is 12.8 Å². The van der Waals surface area contributed by atoms with Gasteiger partial charge in [0.15, 0.2) is 5.76 Å². The largest absolute Gasteiger partial charge is 0.493 e. The Balaban J connectivity index is 1.01. The number of benzene rings is 1. The van der Waals surface area contributed by atoms with Crippen LogP contribution in [0.3, 0.4) is 0 Å². The first kappa shape index (κ1) is 22.0. The molecule has 11 heteroatoms. The van der Waals surface area contributed by atoms with Crippen molar-refractivity contribution in [3.63, 3.8) is 0 Å². The molecule has 5 aromatic rings. The number of nitrogen functional groups attached to an aromatic ring is 1. The average molecular weight is 498 g/mol. The van der Waals surface area contributed by atoms with Crippen LogP contribution in [-0.4, -0.2) is 73.3 Å². The van der Waals surface area contributed by atoms with Gasteiger partial charge in [-0.25, -0.2) is 0 Å². The number of furan rings is 1. The minimum Gasteiger partial charge on any atom is -0.493 e. The number of fused-ring (bicyclic) bond motifs is 3. The predicted octanol–water partition coefficient (Wildman–Crippen LogP) is 2.89. The fourth-order valence-corrected chi connectivity index (χ4v) is 5.45. The van der Waals surface area contributed by atoms with Crippen LogP contribution in [0, 0.1) is 5.92 Å². The summed E-state index contributed by atoms with van der Waals surface area (Å²) in [6, 6.07) is 12.2. The van der Waals surface area contributed by atoms with E-state index in [0.717, 1.165) is 62.1 Å². The fraction of sp³-hybridized carbons (Fsp3) is 0.346. The molecule has 1 aromatic carbocycles. The molecular weight excluding hydrogens is 470 g/mol. The second kappa shape index (κ2) is 9.00. The fourth-order valence-electron chi connectivity index (χ4n) is 5.45. The molecule has 0 amide bonds. The molecule has 0 unspecified atom stereocenters. The van der Waals surface area contributed by atoms with E-state index >= 15 is 0 Å². The molecule has 2 fully saturated rings. The van der Waals surface area contributed by atoms with Crippen LogP contribution in [0.2, 0.25) is 0 Å². The molecule has 7 rings (SSSR count). The molecule has 2 atom stereocenters. The third-order valence-corrected chi connectivity index (χ3v) is 7.37. The van der Waals surface area contributed by atoms with E-state index in [1.807, 2.05) is 30.6 Å². The number of hydrogen-bond acceptors (Lipinski definition) is 10. The molecule has 4 aromatic heterocycles. The summed E-state index contributed by atoms with van der Waals surface area (Å²) in [6.45, 7) is 4.38. The van der Waals surface area contributed by atoms with Gasteiger partial charge in [-0.05, 0) is 37.1 Å². The number of pyridine rings is 1. The molecular formula is C26H27N9O2. The first-order valence-corrected chi connectivity index (χ1v) is 12.6. The van der Waals surface area contributed by atoms with E-state index in [2.05, 4.69) is 40.9 Å². The Morgan fingerprint density at radius 3 is 2.92 bits per heavy atom. The number of anilines is 2. The van der Waals surface area contributed by atoms with Gasteiger partial charge in [0.1, 0.15) is 5.75 Å². The third-order valence-electron chi connectivity index (χ3n) is 7.37. The van der Waals surface area contributed by atoms with Crippen molar-refractivity contribution < 1.29 is 9.15 Å². The van der Waals surface area contributed by atoms with Gasteiger partial charge in [0.2, 0.25) is 17.7 Å². The van der Waals surface area contributed by atoms with Crippen molar-refractivity contribution in [2.75, 3.05) is 43.4 Å². The quantitative estimate of drug-likeness (QED) is 0.388. The summed E-state index contributed by atoms with van der Waals surface area (Å²) in [7, 11) is 0. The second-order valence-corrected chi connectivity index (χ2v) is 9.71. The Kier molecular flexibility index (Phi) is 5.35. The van der Waals surface area contributed by atoms with E-state index in [1.165, 1.54) is 4.52 Å². The van der Waals surface area contributed by atoms with Crippen molar-refractivity contribution in [3.8, 4) is 17.3 Å². The summed E-state index contributed by atoms with van der Waals surface area (Å²) in [5, 5.41) is 6.60. The lowest BCUT2D eigenvalue weighted by molar-refractivity contribution is 0.0729. The molecule has 0 radical (unpaired) electrons. The SMILES string of the molecule is Nc1nc(N2CCN3C[C@H](COc4cccc5cnccc45)CC[C@H]3C2)nc2nc(-c3ccco3)nn12. The van der Waals surface area contributed by atoms with Gasteiger partial charge in [0.25, 0.3) is 5.78 Å². The maximum atomic E-state index is 6.29. The first-order chi connectivity index (χ1) is 18.2. The maximum Gasteiger partial charge on any atom is 0.259 e. The number of aromatic nitrogens is 6. The molecule has 6 heterocycles. The van der Waals surface area contributed by atoms with E-state index in [9.17, 15) is 0 Å². The number of rotatable bonds is 5. The smallest absolute Gasteiger partial charge is 0.259 e. The van der Waals surface area contributed by atoms with E-state index in [4.69, 9.17) is 14.9 Å². The van der Waals surface area contributed by atoms with Crippen molar-refractivity contribution in [1.82, 2.24) is 34.4 Å². The lowest BCUT2D eigenvalue weighted by Gasteiger charge is -2.46. The Labute approximate surface area is 212 Å². The lowest BCUT2D eigenvalue weighted by Crippen LogP contribution is -2.57. The number of nitrogens with zero attached hydrogens (tertiary/aromatic N) is 8. The highest BCUT2D eigenvalue weighted by atomic mass is 16.5. The number of piperidine rings is 1. The third kappa shape index (κ3) is 4.10. The van der Waals surface area contributed by atoms with Crippen LogP contribution in [0.25, 0.3) is 28.1 Å². The topological polar surface area (TPSA) is 124 Å². The highest BCUT2D eigenvalue weighted by Gasteiger charge is 2.34. The zero-order valence-corrected chi connectivity index (χ0v) is 20.3. The summed E-state index contributed by atoms with van der Waals surface area (Å²) in [4.78, 5) is 22.7. The van der Waals surface area contributed by atoms with Gasteiger partial charge in [-0.1, -0.05) is 12.1 Å². The minimum absolute atomic E-state index is 0.262. The molecule has 11 nitrogen and oxygen atoms in total. The Morgan fingerprint density at radius 2 is 2.00 bits per heavy atom. The second-order valence-electron chi connectivity index (χ2n) is 9.71. The summed E-state index contributed by atoms with van der Waals surface area (Å²) in [6.07, 6.45) is 7.51. The van der Waals surface area contributed by atoms with Crippen molar-refractivity contribution in [2.45, 2.75) is 18.9 Å². The summed E-state index contributed by atoms with van der Waals surface area (Å²) >= 11 is 0. The van der Waals surface area contributed by atoms with Crippen LogP contribution in [-0.2, 0) is 0 Å². The van der Waals surface area contributed by atoms with Gasteiger partial charge in [-0.15, -0.1) is 5.10 Å². The van der Waals surface area contributed by atoms with E-state index in [-0.39, 0.29) is 5.95 Å². The normalized spacial score (nSPS) is 20.4. The Hall–Kier alpha value is -4.25. The van der Waals surface area contributed by atoms with Crippen molar-refractivity contribution in [2.24, 2.45) is 5.92 Å². The monoisotopic (exact) mass is 497 g/mol. The maximum absolute atomic E-state index is 6.29. The molecule has 2 aliphatic rings. The predicted molar refractivity (Wildman–Crippen MR) is 138 cm³/mol.